The van der Waals surface area contributed by atoms with Crippen LogP contribution in [0.2, 0.25) is 0 Å². The summed E-state index contributed by atoms with van der Waals surface area (Å²) in [4.78, 5) is 29.9. The van der Waals surface area contributed by atoms with Crippen molar-refractivity contribution in [2.45, 2.75) is 26.3 Å². The van der Waals surface area contributed by atoms with Crippen molar-refractivity contribution in [3.8, 4) is 5.75 Å². The van der Waals surface area contributed by atoms with Crippen molar-refractivity contribution in [3.63, 3.8) is 0 Å². The number of rotatable bonds is 9. The summed E-state index contributed by atoms with van der Waals surface area (Å²) in [6.45, 7) is 3.17. The third-order valence-electron chi connectivity index (χ3n) is 3.85. The predicted molar refractivity (Wildman–Crippen MR) is 99.9 cm³/mol. The average Bonchev–Trinajstić information content (AvgIpc) is 2.67. The molecular weight excluding hydrogens is 330 g/mol. The van der Waals surface area contributed by atoms with Crippen LogP contribution in [0.4, 0.5) is 0 Å². The highest BCUT2D eigenvalue weighted by Crippen LogP contribution is 2.12. The van der Waals surface area contributed by atoms with Gasteiger partial charge >= 0.3 is 0 Å². The summed E-state index contributed by atoms with van der Waals surface area (Å²) in [7, 11) is 1.70. The molecule has 0 unspecified atom stereocenters. The number of pyridine rings is 1. The summed E-state index contributed by atoms with van der Waals surface area (Å²) in [5, 5.41) is 2.65. The summed E-state index contributed by atoms with van der Waals surface area (Å²) in [6.07, 6.45) is 5.47. The van der Waals surface area contributed by atoms with Gasteiger partial charge in [0, 0.05) is 31.5 Å². The number of nitrogens with one attached hydrogen (secondary N) is 1. The van der Waals surface area contributed by atoms with E-state index in [-0.39, 0.29) is 18.4 Å². The third kappa shape index (κ3) is 6.20. The van der Waals surface area contributed by atoms with Crippen LogP contribution < -0.4 is 10.1 Å². The van der Waals surface area contributed by atoms with Gasteiger partial charge in [-0.05, 0) is 42.3 Å². The number of carbonyl (C=O) groups excluding carboxylic acids is 2. The number of unbranched alkanes of at least 4 members (excludes halogenated alkanes) is 1. The van der Waals surface area contributed by atoms with Crippen LogP contribution in [0.15, 0.2) is 48.8 Å². The van der Waals surface area contributed by atoms with Gasteiger partial charge < -0.3 is 15.0 Å². The second kappa shape index (κ2) is 10.2. The molecule has 0 saturated heterocycles. The van der Waals surface area contributed by atoms with Crippen LogP contribution in [0.25, 0.3) is 0 Å². The third-order valence-corrected chi connectivity index (χ3v) is 3.85. The number of likely N-dealkylation sites (N-methyl/N-ethyl adjacent to an activating group) is 1. The van der Waals surface area contributed by atoms with Crippen LogP contribution in [-0.2, 0) is 11.3 Å². The molecule has 0 aliphatic rings. The smallest absolute Gasteiger partial charge is 0.251 e. The average molecular weight is 355 g/mol. The van der Waals surface area contributed by atoms with Crippen molar-refractivity contribution in [3.05, 3.63) is 59.9 Å². The molecule has 2 aromatic rings. The number of ether oxygens (including phenoxy) is 1. The Morgan fingerprint density at radius 3 is 2.62 bits per heavy atom. The minimum absolute atomic E-state index is 0.0512. The van der Waals surface area contributed by atoms with Crippen molar-refractivity contribution in [1.29, 1.82) is 0 Å². The maximum atomic E-state index is 12.2. The summed E-state index contributed by atoms with van der Waals surface area (Å²) < 4.78 is 5.57. The van der Waals surface area contributed by atoms with E-state index in [2.05, 4.69) is 17.2 Å². The standard InChI is InChI=1S/C20H25N3O3/c1-3-4-12-26-18-9-7-17(8-10-18)20(25)22-14-19(24)23(2)15-16-6-5-11-21-13-16/h5-11,13H,3-4,12,14-15H2,1-2H3,(H,22,25). The highest BCUT2D eigenvalue weighted by atomic mass is 16.5. The van der Waals surface area contributed by atoms with Gasteiger partial charge in [-0.15, -0.1) is 0 Å². The summed E-state index contributed by atoms with van der Waals surface area (Å²) in [6, 6.07) is 10.6. The fourth-order valence-corrected chi connectivity index (χ4v) is 2.28. The molecule has 138 valence electrons. The fourth-order valence-electron chi connectivity index (χ4n) is 2.28. The van der Waals surface area contributed by atoms with E-state index in [0.29, 0.717) is 18.7 Å². The van der Waals surface area contributed by atoms with Crippen LogP contribution >= 0.6 is 0 Å². The predicted octanol–water partition coefficient (Wildman–Crippen LogP) is 2.65. The molecular formula is C20H25N3O3. The van der Waals surface area contributed by atoms with Crippen molar-refractivity contribution in [2.24, 2.45) is 0 Å². The molecule has 0 atom stereocenters. The first-order chi connectivity index (χ1) is 12.6. The highest BCUT2D eigenvalue weighted by Gasteiger charge is 2.12. The number of aromatic nitrogens is 1. The number of amides is 2. The number of carbonyl (C=O) groups is 2. The molecule has 0 radical (unpaired) electrons. The summed E-state index contributed by atoms with van der Waals surface area (Å²) in [5.41, 5.74) is 1.43. The summed E-state index contributed by atoms with van der Waals surface area (Å²) >= 11 is 0. The van der Waals surface area contributed by atoms with Crippen molar-refractivity contribution in [2.75, 3.05) is 20.2 Å². The number of hydrogen-bond acceptors (Lipinski definition) is 4. The van der Waals surface area contributed by atoms with Gasteiger partial charge in [-0.2, -0.15) is 0 Å². The Morgan fingerprint density at radius 1 is 1.19 bits per heavy atom. The quantitative estimate of drug-likeness (QED) is 0.702. The Labute approximate surface area is 154 Å². The molecule has 2 rings (SSSR count). The lowest BCUT2D eigenvalue weighted by atomic mass is 10.2. The molecule has 1 heterocycles. The minimum Gasteiger partial charge on any atom is -0.494 e. The van der Waals surface area contributed by atoms with E-state index in [9.17, 15) is 9.59 Å². The lowest BCUT2D eigenvalue weighted by Crippen LogP contribution is -2.37. The molecule has 0 saturated carbocycles. The van der Waals surface area contributed by atoms with Gasteiger partial charge in [-0.3, -0.25) is 14.6 Å². The van der Waals surface area contributed by atoms with Gasteiger partial charge in [0.1, 0.15) is 5.75 Å². The van der Waals surface area contributed by atoms with E-state index in [1.54, 1.807) is 48.6 Å². The van der Waals surface area contributed by atoms with E-state index < -0.39 is 0 Å². The van der Waals surface area contributed by atoms with Crippen LogP contribution in [-0.4, -0.2) is 41.9 Å². The zero-order valence-corrected chi connectivity index (χ0v) is 15.3. The molecule has 0 bridgehead atoms. The number of hydrogen-bond donors (Lipinski definition) is 1. The lowest BCUT2D eigenvalue weighted by Gasteiger charge is -2.17. The van der Waals surface area contributed by atoms with Crippen LogP contribution in [0.3, 0.4) is 0 Å². The fraction of sp³-hybridized carbons (Fsp3) is 0.350. The second-order valence-corrected chi connectivity index (χ2v) is 6.02. The van der Waals surface area contributed by atoms with Crippen molar-refractivity contribution >= 4 is 11.8 Å². The summed E-state index contributed by atoms with van der Waals surface area (Å²) in [5.74, 6) is 0.289. The number of nitrogens with zero attached hydrogens (tertiary/aromatic N) is 2. The normalized spacial score (nSPS) is 10.2. The van der Waals surface area contributed by atoms with E-state index >= 15 is 0 Å². The van der Waals surface area contributed by atoms with Crippen LogP contribution in [0.1, 0.15) is 35.7 Å². The van der Waals surface area contributed by atoms with E-state index in [4.69, 9.17) is 4.74 Å². The molecule has 2 amide bonds. The SMILES string of the molecule is CCCCOc1ccc(C(=O)NCC(=O)N(C)Cc2cccnc2)cc1. The first-order valence-corrected chi connectivity index (χ1v) is 8.74. The number of benzene rings is 1. The second-order valence-electron chi connectivity index (χ2n) is 6.02. The van der Waals surface area contributed by atoms with Gasteiger partial charge in [0.05, 0.1) is 13.2 Å². The van der Waals surface area contributed by atoms with Gasteiger partial charge in [-0.25, -0.2) is 0 Å². The maximum Gasteiger partial charge on any atom is 0.251 e. The largest absolute Gasteiger partial charge is 0.494 e. The molecule has 1 N–H and O–H groups in total. The topological polar surface area (TPSA) is 71.5 Å². The Morgan fingerprint density at radius 2 is 1.96 bits per heavy atom. The Bertz CT molecular complexity index is 702. The monoisotopic (exact) mass is 355 g/mol. The van der Waals surface area contributed by atoms with Crippen molar-refractivity contribution in [1.82, 2.24) is 15.2 Å². The van der Waals surface area contributed by atoms with Gasteiger partial charge in [-0.1, -0.05) is 19.4 Å². The molecule has 6 nitrogen and oxygen atoms in total. The first-order valence-electron chi connectivity index (χ1n) is 8.74. The molecule has 0 aliphatic carbocycles. The van der Waals surface area contributed by atoms with Crippen molar-refractivity contribution < 1.29 is 14.3 Å². The first kappa shape index (κ1) is 19.4. The Hall–Kier alpha value is -2.89. The zero-order chi connectivity index (χ0) is 18.8. The van der Waals surface area contributed by atoms with E-state index in [1.165, 1.54) is 0 Å². The molecule has 1 aromatic heterocycles. The molecule has 0 fully saturated rings. The van der Waals surface area contributed by atoms with Crippen LogP contribution in [0.5, 0.6) is 5.75 Å². The maximum absolute atomic E-state index is 12.2. The molecule has 0 aliphatic heterocycles. The lowest BCUT2D eigenvalue weighted by molar-refractivity contribution is -0.129. The Kier molecular flexibility index (Phi) is 7.61. The molecule has 1 aromatic carbocycles. The van der Waals surface area contributed by atoms with Gasteiger partial charge in [0.2, 0.25) is 5.91 Å². The molecule has 0 spiro atoms. The van der Waals surface area contributed by atoms with E-state index in [0.717, 1.165) is 24.2 Å². The highest BCUT2D eigenvalue weighted by molar-refractivity contribution is 5.96. The molecule has 26 heavy (non-hydrogen) atoms. The van der Waals surface area contributed by atoms with E-state index in [1.807, 2.05) is 12.1 Å². The van der Waals surface area contributed by atoms with Gasteiger partial charge in [0.15, 0.2) is 0 Å². The zero-order valence-electron chi connectivity index (χ0n) is 15.3. The molecule has 6 heteroatoms. The van der Waals surface area contributed by atoms with Crippen LogP contribution in [0, 0.1) is 0 Å². The minimum atomic E-state index is -0.284. The Balaban J connectivity index is 1.79. The van der Waals surface area contributed by atoms with Gasteiger partial charge in [0.25, 0.3) is 5.91 Å².